The molecule has 164 valence electrons. The summed E-state index contributed by atoms with van der Waals surface area (Å²) in [5.74, 6) is 0.385. The third kappa shape index (κ3) is 4.76. The molecule has 1 atom stereocenters. The maximum atomic E-state index is 13.1. The lowest BCUT2D eigenvalue weighted by Gasteiger charge is -2.28. The van der Waals surface area contributed by atoms with Crippen LogP contribution in [0.25, 0.3) is 11.1 Å². The number of hydrogen-bond donors (Lipinski definition) is 1. The predicted octanol–water partition coefficient (Wildman–Crippen LogP) is 5.95. The zero-order valence-corrected chi connectivity index (χ0v) is 18.3. The first-order valence-corrected chi connectivity index (χ1v) is 11.7. The minimum absolute atomic E-state index is 0.113. The SMILES string of the molecule is O=C(Nc1ccc2c(c1)CCC(CN1CCCC1)C2)c1ccc(-c2ccc(F)cc2)cc1. The number of likely N-dealkylation sites (tertiary alicyclic amines) is 1. The molecule has 0 saturated carbocycles. The van der Waals surface area contributed by atoms with Crippen molar-refractivity contribution in [1.82, 2.24) is 4.90 Å². The largest absolute Gasteiger partial charge is 0.322 e. The molecular formula is C28H29FN2O. The number of halogens is 1. The second kappa shape index (κ2) is 9.25. The molecule has 1 unspecified atom stereocenters. The summed E-state index contributed by atoms with van der Waals surface area (Å²) in [5, 5.41) is 3.05. The van der Waals surface area contributed by atoms with Gasteiger partial charge >= 0.3 is 0 Å². The van der Waals surface area contributed by atoms with Gasteiger partial charge in [-0.25, -0.2) is 4.39 Å². The van der Waals surface area contributed by atoms with Crippen LogP contribution in [-0.2, 0) is 12.8 Å². The Balaban J connectivity index is 1.22. The van der Waals surface area contributed by atoms with E-state index in [2.05, 4.69) is 22.3 Å². The highest BCUT2D eigenvalue weighted by atomic mass is 19.1. The van der Waals surface area contributed by atoms with Crippen LogP contribution >= 0.6 is 0 Å². The molecule has 0 spiro atoms. The summed E-state index contributed by atoms with van der Waals surface area (Å²) in [5.41, 5.74) is 6.15. The smallest absolute Gasteiger partial charge is 0.255 e. The van der Waals surface area contributed by atoms with Crippen LogP contribution in [0.2, 0.25) is 0 Å². The van der Waals surface area contributed by atoms with E-state index in [0.29, 0.717) is 5.56 Å². The Morgan fingerprint density at radius 1 is 0.906 bits per heavy atom. The summed E-state index contributed by atoms with van der Waals surface area (Å²) in [6, 6.07) is 20.2. The predicted molar refractivity (Wildman–Crippen MR) is 127 cm³/mol. The monoisotopic (exact) mass is 428 g/mol. The number of carbonyl (C=O) groups is 1. The van der Waals surface area contributed by atoms with Crippen LogP contribution in [0.4, 0.5) is 10.1 Å². The molecule has 5 rings (SSSR count). The Hall–Kier alpha value is -2.98. The highest BCUT2D eigenvalue weighted by Crippen LogP contribution is 2.29. The number of carbonyl (C=O) groups excluding carboxylic acids is 1. The Labute approximate surface area is 189 Å². The van der Waals surface area contributed by atoms with Crippen molar-refractivity contribution in [3.63, 3.8) is 0 Å². The fourth-order valence-corrected chi connectivity index (χ4v) is 5.05. The van der Waals surface area contributed by atoms with Gasteiger partial charge in [-0.2, -0.15) is 0 Å². The molecular weight excluding hydrogens is 399 g/mol. The van der Waals surface area contributed by atoms with Crippen molar-refractivity contribution in [3.05, 3.63) is 89.2 Å². The van der Waals surface area contributed by atoms with Gasteiger partial charge in [-0.3, -0.25) is 4.79 Å². The van der Waals surface area contributed by atoms with Gasteiger partial charge in [0.2, 0.25) is 0 Å². The van der Waals surface area contributed by atoms with E-state index in [0.717, 1.165) is 35.6 Å². The molecule has 1 aliphatic carbocycles. The number of rotatable bonds is 5. The summed E-state index contributed by atoms with van der Waals surface area (Å²) >= 11 is 0. The normalized spacial score (nSPS) is 18.3. The van der Waals surface area contributed by atoms with E-state index in [1.165, 1.54) is 62.2 Å². The maximum absolute atomic E-state index is 13.1. The van der Waals surface area contributed by atoms with E-state index >= 15 is 0 Å². The molecule has 3 aromatic carbocycles. The molecule has 2 aliphatic rings. The highest BCUT2D eigenvalue weighted by molar-refractivity contribution is 6.04. The summed E-state index contributed by atoms with van der Waals surface area (Å²) < 4.78 is 13.1. The van der Waals surface area contributed by atoms with Crippen LogP contribution in [-0.4, -0.2) is 30.4 Å². The minimum atomic E-state index is -0.253. The van der Waals surface area contributed by atoms with Gasteiger partial charge in [0, 0.05) is 17.8 Å². The Morgan fingerprint density at radius 3 is 2.31 bits per heavy atom. The van der Waals surface area contributed by atoms with Crippen molar-refractivity contribution in [3.8, 4) is 11.1 Å². The Morgan fingerprint density at radius 2 is 1.59 bits per heavy atom. The average Bonchev–Trinajstić information content (AvgIpc) is 3.33. The molecule has 3 nitrogen and oxygen atoms in total. The fourth-order valence-electron chi connectivity index (χ4n) is 5.05. The Kier molecular flexibility index (Phi) is 6.04. The van der Waals surface area contributed by atoms with Gasteiger partial charge in [-0.05, 0) is 110 Å². The first kappa shape index (κ1) is 20.9. The third-order valence-corrected chi connectivity index (χ3v) is 6.83. The molecule has 0 radical (unpaired) electrons. The summed E-state index contributed by atoms with van der Waals surface area (Å²) in [4.78, 5) is 15.4. The number of anilines is 1. The van der Waals surface area contributed by atoms with Crippen molar-refractivity contribution in [2.75, 3.05) is 25.0 Å². The van der Waals surface area contributed by atoms with Gasteiger partial charge in [0.25, 0.3) is 5.91 Å². The quantitative estimate of drug-likeness (QED) is 0.545. The second-order valence-corrected chi connectivity index (χ2v) is 9.14. The molecule has 1 heterocycles. The molecule has 1 amide bonds. The van der Waals surface area contributed by atoms with Crippen LogP contribution in [0.1, 0.15) is 40.7 Å². The molecule has 0 bridgehead atoms. The van der Waals surface area contributed by atoms with E-state index in [4.69, 9.17) is 0 Å². The van der Waals surface area contributed by atoms with Crippen LogP contribution < -0.4 is 5.32 Å². The van der Waals surface area contributed by atoms with Crippen LogP contribution in [0.15, 0.2) is 66.7 Å². The summed E-state index contributed by atoms with van der Waals surface area (Å²) in [6.45, 7) is 3.75. The lowest BCUT2D eigenvalue weighted by atomic mass is 9.83. The molecule has 4 heteroatoms. The number of aryl methyl sites for hydroxylation is 1. The maximum Gasteiger partial charge on any atom is 0.255 e. The number of amides is 1. The van der Waals surface area contributed by atoms with Gasteiger partial charge in [0.1, 0.15) is 5.82 Å². The average molecular weight is 429 g/mol. The minimum Gasteiger partial charge on any atom is -0.322 e. The molecule has 1 N–H and O–H groups in total. The van der Waals surface area contributed by atoms with Crippen molar-refractivity contribution < 1.29 is 9.18 Å². The number of nitrogens with one attached hydrogen (secondary N) is 1. The van der Waals surface area contributed by atoms with Gasteiger partial charge in [-0.15, -0.1) is 0 Å². The fraction of sp³-hybridized carbons (Fsp3) is 0.321. The van der Waals surface area contributed by atoms with Gasteiger partial charge in [0.05, 0.1) is 0 Å². The molecule has 1 aliphatic heterocycles. The first-order valence-electron chi connectivity index (χ1n) is 11.7. The number of hydrogen-bond acceptors (Lipinski definition) is 2. The molecule has 1 fully saturated rings. The topological polar surface area (TPSA) is 32.3 Å². The van der Waals surface area contributed by atoms with E-state index in [1.54, 1.807) is 12.1 Å². The van der Waals surface area contributed by atoms with Gasteiger partial charge in [0.15, 0.2) is 0 Å². The number of fused-ring (bicyclic) bond motifs is 1. The second-order valence-electron chi connectivity index (χ2n) is 9.14. The van der Waals surface area contributed by atoms with Gasteiger partial charge < -0.3 is 10.2 Å². The van der Waals surface area contributed by atoms with Crippen molar-refractivity contribution in [2.45, 2.75) is 32.1 Å². The molecule has 1 saturated heterocycles. The number of benzene rings is 3. The van der Waals surface area contributed by atoms with E-state index < -0.39 is 0 Å². The zero-order chi connectivity index (χ0) is 21.9. The lowest BCUT2D eigenvalue weighted by molar-refractivity contribution is 0.102. The van der Waals surface area contributed by atoms with Crippen molar-refractivity contribution >= 4 is 11.6 Å². The van der Waals surface area contributed by atoms with Crippen LogP contribution in [0.5, 0.6) is 0 Å². The van der Waals surface area contributed by atoms with Crippen LogP contribution in [0.3, 0.4) is 0 Å². The third-order valence-electron chi connectivity index (χ3n) is 6.83. The molecule has 32 heavy (non-hydrogen) atoms. The standard InChI is InChI=1S/C28H29FN2O/c29-26-12-9-22(10-13-26)21-5-7-23(8-6-21)28(32)30-27-14-11-24-17-20(3-4-25(24)18-27)19-31-15-1-2-16-31/h5-14,18,20H,1-4,15-17,19H2,(H,30,32). The van der Waals surface area contributed by atoms with E-state index in [1.807, 2.05) is 30.3 Å². The first-order chi connectivity index (χ1) is 15.6. The zero-order valence-electron chi connectivity index (χ0n) is 18.3. The van der Waals surface area contributed by atoms with Crippen molar-refractivity contribution in [1.29, 1.82) is 0 Å². The summed E-state index contributed by atoms with van der Waals surface area (Å²) in [6.07, 6.45) is 6.16. The van der Waals surface area contributed by atoms with E-state index in [-0.39, 0.29) is 11.7 Å². The van der Waals surface area contributed by atoms with E-state index in [9.17, 15) is 9.18 Å². The Bertz CT molecular complexity index is 1090. The summed E-state index contributed by atoms with van der Waals surface area (Å²) in [7, 11) is 0. The molecule has 0 aromatic heterocycles. The number of nitrogens with zero attached hydrogens (tertiary/aromatic N) is 1. The van der Waals surface area contributed by atoms with Crippen LogP contribution in [0, 0.1) is 11.7 Å². The van der Waals surface area contributed by atoms with Crippen molar-refractivity contribution in [2.24, 2.45) is 5.92 Å². The lowest BCUT2D eigenvalue weighted by Crippen LogP contribution is -2.30. The highest BCUT2D eigenvalue weighted by Gasteiger charge is 2.23. The van der Waals surface area contributed by atoms with Gasteiger partial charge in [-0.1, -0.05) is 30.3 Å². The molecule has 3 aromatic rings.